The van der Waals surface area contributed by atoms with Crippen molar-refractivity contribution in [1.29, 1.82) is 0 Å². The second-order valence-corrected chi connectivity index (χ2v) is 4.46. The van der Waals surface area contributed by atoms with Crippen LogP contribution in [0.15, 0.2) is 6.33 Å². The first-order chi connectivity index (χ1) is 8.18. The third kappa shape index (κ3) is 1.50. The third-order valence-electron chi connectivity index (χ3n) is 3.50. The van der Waals surface area contributed by atoms with Crippen LogP contribution in [0.5, 0.6) is 0 Å². The minimum absolute atomic E-state index is 0.118. The number of anilines is 3. The maximum Gasteiger partial charge on any atom is 0.159 e. The lowest BCUT2D eigenvalue weighted by molar-refractivity contribution is 0.0352. The number of aromatic nitrogens is 2. The molecule has 0 bridgehead atoms. The third-order valence-corrected chi connectivity index (χ3v) is 3.50. The molecule has 92 valence electrons. The Kier molecular flexibility index (Phi) is 2.30. The van der Waals surface area contributed by atoms with E-state index in [1.807, 2.05) is 4.90 Å². The summed E-state index contributed by atoms with van der Waals surface area (Å²) >= 11 is 0. The van der Waals surface area contributed by atoms with Crippen LogP contribution < -0.4 is 16.0 Å². The zero-order valence-corrected chi connectivity index (χ0v) is 9.24. The molecule has 1 aromatic heterocycles. The Bertz CT molecular complexity index is 441. The highest BCUT2D eigenvalue weighted by molar-refractivity contribution is 5.80. The quantitative estimate of drug-likeness (QED) is 0.503. The van der Waals surface area contributed by atoms with Crippen molar-refractivity contribution < 1.29 is 10.2 Å². The van der Waals surface area contributed by atoms with Gasteiger partial charge in [-0.25, -0.2) is 9.97 Å². The second kappa shape index (κ2) is 3.71. The van der Waals surface area contributed by atoms with Gasteiger partial charge in [-0.05, 0) is 12.8 Å². The summed E-state index contributed by atoms with van der Waals surface area (Å²) in [6.07, 6.45) is 1.37. The van der Waals surface area contributed by atoms with E-state index in [4.69, 9.17) is 5.73 Å². The van der Waals surface area contributed by atoms with Crippen LogP contribution in [0.4, 0.5) is 17.3 Å². The van der Waals surface area contributed by atoms with Gasteiger partial charge in [0.05, 0.1) is 18.8 Å². The van der Waals surface area contributed by atoms with Crippen molar-refractivity contribution in [2.24, 2.45) is 0 Å². The summed E-state index contributed by atoms with van der Waals surface area (Å²) in [6, 6.07) is -0.118. The van der Waals surface area contributed by atoms with E-state index in [0.29, 0.717) is 30.4 Å². The van der Waals surface area contributed by atoms with Gasteiger partial charge in [0.2, 0.25) is 0 Å². The molecule has 1 aromatic rings. The second-order valence-electron chi connectivity index (χ2n) is 4.46. The topological polar surface area (TPSA) is 108 Å². The molecule has 1 saturated carbocycles. The number of nitrogens with one attached hydrogen (secondary N) is 1. The Labute approximate surface area is 98.3 Å². The standard InChI is InChI=1S/C10H15N5O2/c11-9-7-10(13-3-12-9)15(4-14-7)5-1-2-6(16)8(5)17/h3,5-6,8,14,16-17H,1-2,4H2,(H2,11,12,13)/t5?,6-,8?/m0/s1. The van der Waals surface area contributed by atoms with Gasteiger partial charge in [-0.3, -0.25) is 0 Å². The van der Waals surface area contributed by atoms with Crippen LogP contribution in [0.3, 0.4) is 0 Å². The molecule has 0 amide bonds. The minimum atomic E-state index is -0.737. The van der Waals surface area contributed by atoms with Crippen molar-refractivity contribution in [2.45, 2.75) is 31.1 Å². The predicted octanol–water partition coefficient (Wildman–Crippen LogP) is -0.868. The van der Waals surface area contributed by atoms with Crippen molar-refractivity contribution in [3.05, 3.63) is 6.33 Å². The van der Waals surface area contributed by atoms with Crippen molar-refractivity contribution >= 4 is 17.3 Å². The highest BCUT2D eigenvalue weighted by atomic mass is 16.3. The number of hydrogen-bond acceptors (Lipinski definition) is 7. The van der Waals surface area contributed by atoms with E-state index < -0.39 is 12.2 Å². The molecule has 2 aliphatic rings. The number of hydrogen-bond donors (Lipinski definition) is 4. The predicted molar refractivity (Wildman–Crippen MR) is 62.4 cm³/mol. The SMILES string of the molecule is Nc1ncnc2c1NCN2C1CC[C@H](O)C1O. The van der Waals surface area contributed by atoms with Gasteiger partial charge in [0.15, 0.2) is 11.6 Å². The number of aliphatic hydroxyl groups is 2. The van der Waals surface area contributed by atoms with E-state index in [-0.39, 0.29) is 6.04 Å². The Morgan fingerprint density at radius 1 is 1.35 bits per heavy atom. The fourth-order valence-corrected chi connectivity index (χ4v) is 2.57. The summed E-state index contributed by atoms with van der Waals surface area (Å²) in [4.78, 5) is 10.0. The average molecular weight is 237 g/mol. The highest BCUT2D eigenvalue weighted by Crippen LogP contribution is 2.37. The summed E-state index contributed by atoms with van der Waals surface area (Å²) in [7, 11) is 0. The van der Waals surface area contributed by atoms with Gasteiger partial charge in [-0.1, -0.05) is 0 Å². The molecule has 0 radical (unpaired) electrons. The molecule has 17 heavy (non-hydrogen) atoms. The van der Waals surface area contributed by atoms with Gasteiger partial charge in [0, 0.05) is 0 Å². The molecule has 0 spiro atoms. The van der Waals surface area contributed by atoms with Gasteiger partial charge in [0.1, 0.15) is 18.1 Å². The molecule has 7 heteroatoms. The lowest BCUT2D eigenvalue weighted by Crippen LogP contribution is -2.43. The normalized spacial score (nSPS) is 31.4. The molecular weight excluding hydrogens is 222 g/mol. The fourth-order valence-electron chi connectivity index (χ4n) is 2.57. The fraction of sp³-hybridized carbons (Fsp3) is 0.600. The molecular formula is C10H15N5O2. The first kappa shape index (κ1) is 10.5. The zero-order valence-electron chi connectivity index (χ0n) is 9.24. The Hall–Kier alpha value is -1.60. The summed E-state index contributed by atoms with van der Waals surface area (Å²) in [6.45, 7) is 0.534. The summed E-state index contributed by atoms with van der Waals surface area (Å²) in [5.41, 5.74) is 6.45. The van der Waals surface area contributed by atoms with E-state index in [9.17, 15) is 10.2 Å². The average Bonchev–Trinajstić information content (AvgIpc) is 2.86. The summed E-state index contributed by atoms with van der Waals surface area (Å²) < 4.78 is 0. The summed E-state index contributed by atoms with van der Waals surface area (Å²) in [5.74, 6) is 1.11. The largest absolute Gasteiger partial charge is 0.390 e. The van der Waals surface area contributed by atoms with E-state index in [1.54, 1.807) is 0 Å². The molecule has 0 saturated heterocycles. The van der Waals surface area contributed by atoms with Crippen LogP contribution in [-0.4, -0.2) is 45.1 Å². The molecule has 1 aliphatic heterocycles. The molecule has 0 aromatic carbocycles. The number of nitrogens with two attached hydrogens (primary N) is 1. The Morgan fingerprint density at radius 3 is 2.88 bits per heavy atom. The number of rotatable bonds is 1. The van der Waals surface area contributed by atoms with Crippen LogP contribution in [0.2, 0.25) is 0 Å². The van der Waals surface area contributed by atoms with Crippen molar-refractivity contribution in [3.8, 4) is 0 Å². The number of fused-ring (bicyclic) bond motifs is 1. The number of aliphatic hydroxyl groups excluding tert-OH is 2. The maximum absolute atomic E-state index is 9.92. The van der Waals surface area contributed by atoms with Crippen LogP contribution in [0, 0.1) is 0 Å². The maximum atomic E-state index is 9.92. The number of nitrogens with zero attached hydrogens (tertiary/aromatic N) is 3. The first-order valence-corrected chi connectivity index (χ1v) is 5.65. The zero-order chi connectivity index (χ0) is 12.0. The van der Waals surface area contributed by atoms with Gasteiger partial charge < -0.3 is 26.2 Å². The van der Waals surface area contributed by atoms with Crippen LogP contribution in [-0.2, 0) is 0 Å². The lowest BCUT2D eigenvalue weighted by Gasteiger charge is -2.27. The van der Waals surface area contributed by atoms with Crippen molar-refractivity contribution in [1.82, 2.24) is 9.97 Å². The highest BCUT2D eigenvalue weighted by Gasteiger charge is 2.40. The molecule has 1 fully saturated rings. The van der Waals surface area contributed by atoms with Crippen molar-refractivity contribution in [3.63, 3.8) is 0 Å². The minimum Gasteiger partial charge on any atom is -0.390 e. The first-order valence-electron chi connectivity index (χ1n) is 5.65. The monoisotopic (exact) mass is 237 g/mol. The van der Waals surface area contributed by atoms with Gasteiger partial charge in [-0.2, -0.15) is 0 Å². The Morgan fingerprint density at radius 2 is 2.18 bits per heavy atom. The molecule has 7 nitrogen and oxygen atoms in total. The molecule has 3 atom stereocenters. The Balaban J connectivity index is 1.91. The molecule has 2 unspecified atom stereocenters. The molecule has 5 N–H and O–H groups in total. The summed E-state index contributed by atoms with van der Waals surface area (Å²) in [5, 5.41) is 22.6. The van der Waals surface area contributed by atoms with E-state index in [0.717, 1.165) is 6.42 Å². The van der Waals surface area contributed by atoms with Crippen LogP contribution >= 0.6 is 0 Å². The number of nitrogen functional groups attached to an aromatic ring is 1. The van der Waals surface area contributed by atoms with Crippen LogP contribution in [0.1, 0.15) is 12.8 Å². The molecule has 2 heterocycles. The molecule has 3 rings (SSSR count). The van der Waals surface area contributed by atoms with Gasteiger partial charge in [-0.15, -0.1) is 0 Å². The smallest absolute Gasteiger partial charge is 0.159 e. The van der Waals surface area contributed by atoms with Gasteiger partial charge >= 0.3 is 0 Å². The van der Waals surface area contributed by atoms with E-state index in [2.05, 4.69) is 15.3 Å². The van der Waals surface area contributed by atoms with Gasteiger partial charge in [0.25, 0.3) is 0 Å². The van der Waals surface area contributed by atoms with Crippen LogP contribution in [0.25, 0.3) is 0 Å². The van der Waals surface area contributed by atoms with E-state index in [1.165, 1.54) is 6.33 Å². The van der Waals surface area contributed by atoms with Crippen molar-refractivity contribution in [2.75, 3.05) is 22.6 Å². The lowest BCUT2D eigenvalue weighted by atomic mass is 10.2. The molecule has 1 aliphatic carbocycles. The van der Waals surface area contributed by atoms with E-state index >= 15 is 0 Å².